The van der Waals surface area contributed by atoms with Crippen LogP contribution in [0.25, 0.3) is 0 Å². The van der Waals surface area contributed by atoms with E-state index in [0.29, 0.717) is 0 Å². The lowest BCUT2D eigenvalue weighted by molar-refractivity contribution is -0.140. The van der Waals surface area contributed by atoms with Gasteiger partial charge in [0.1, 0.15) is 0 Å². The van der Waals surface area contributed by atoms with Crippen molar-refractivity contribution >= 4 is 13.6 Å². The summed E-state index contributed by atoms with van der Waals surface area (Å²) in [6.07, 6.45) is -0.0978. The number of nitrogens with two attached hydrogens (primary N) is 1. The maximum Gasteiger partial charge on any atom is 0.327 e. The van der Waals surface area contributed by atoms with Gasteiger partial charge in [0, 0.05) is 12.5 Å². The summed E-state index contributed by atoms with van der Waals surface area (Å²) in [5, 5.41) is 0. The van der Waals surface area contributed by atoms with E-state index < -0.39 is 25.8 Å². The minimum absolute atomic E-state index is 0.0810. The van der Waals surface area contributed by atoms with E-state index in [1.54, 1.807) is 0 Å². The van der Waals surface area contributed by atoms with Gasteiger partial charge in [-0.25, -0.2) is 0 Å². The zero-order valence-corrected chi connectivity index (χ0v) is 8.24. The second-order valence-electron chi connectivity index (χ2n) is 2.72. The average Bonchev–Trinajstić information content (AvgIpc) is 1.97. The van der Waals surface area contributed by atoms with Crippen molar-refractivity contribution in [1.29, 1.82) is 0 Å². The molecular weight excluding hydrogens is 197 g/mol. The van der Waals surface area contributed by atoms with E-state index >= 15 is 0 Å². The van der Waals surface area contributed by atoms with Crippen molar-refractivity contribution in [1.82, 2.24) is 0 Å². The summed E-state index contributed by atoms with van der Waals surface area (Å²) in [7, 11) is -2.82. The molecule has 6 nitrogen and oxygen atoms in total. The van der Waals surface area contributed by atoms with Crippen LogP contribution in [0.3, 0.4) is 0 Å². The Morgan fingerprint density at radius 1 is 1.62 bits per heavy atom. The first kappa shape index (κ1) is 12.6. The molecule has 0 aliphatic heterocycles. The minimum Gasteiger partial charge on any atom is -0.469 e. The van der Waals surface area contributed by atoms with Crippen molar-refractivity contribution in [3.05, 3.63) is 0 Å². The topological polar surface area (TPSA) is 110 Å². The van der Waals surface area contributed by atoms with Crippen LogP contribution in [0.2, 0.25) is 0 Å². The Morgan fingerprint density at radius 2 is 2.15 bits per heavy atom. The van der Waals surface area contributed by atoms with Gasteiger partial charge < -0.3 is 20.3 Å². The smallest absolute Gasteiger partial charge is 0.327 e. The van der Waals surface area contributed by atoms with Crippen molar-refractivity contribution < 1.29 is 23.9 Å². The molecule has 78 valence electrons. The third kappa shape index (κ3) is 7.93. The van der Waals surface area contributed by atoms with Crippen LogP contribution in [0.4, 0.5) is 0 Å². The van der Waals surface area contributed by atoms with Gasteiger partial charge in [0.2, 0.25) is 0 Å². The summed E-state index contributed by atoms with van der Waals surface area (Å²) in [6, 6.07) is -0.667. The first-order valence-corrected chi connectivity index (χ1v) is 5.52. The summed E-state index contributed by atoms with van der Waals surface area (Å²) in [4.78, 5) is 27.7. The first-order chi connectivity index (χ1) is 5.85. The van der Waals surface area contributed by atoms with E-state index in [1.807, 2.05) is 0 Å². The predicted octanol–water partition coefficient (Wildman–Crippen LogP) is -0.555. The SMILES string of the molecule is COC(=O)CCC(N)CP(=O)(O)O. The lowest BCUT2D eigenvalue weighted by Gasteiger charge is -2.11. The number of ether oxygens (including phenoxy) is 1. The normalized spacial score (nSPS) is 13.8. The zero-order chi connectivity index (χ0) is 10.5. The highest BCUT2D eigenvalue weighted by atomic mass is 31.2. The molecule has 4 N–H and O–H groups in total. The third-order valence-corrected chi connectivity index (χ3v) is 2.36. The molecule has 0 aliphatic carbocycles. The molecule has 0 aromatic carbocycles. The fourth-order valence-corrected chi connectivity index (χ4v) is 1.60. The van der Waals surface area contributed by atoms with Crippen molar-refractivity contribution in [3.8, 4) is 0 Å². The van der Waals surface area contributed by atoms with Gasteiger partial charge in [0.25, 0.3) is 0 Å². The summed E-state index contributed by atoms with van der Waals surface area (Å²) in [5.41, 5.74) is 5.36. The van der Waals surface area contributed by atoms with E-state index in [9.17, 15) is 9.36 Å². The van der Waals surface area contributed by atoms with Gasteiger partial charge in [0.15, 0.2) is 0 Å². The van der Waals surface area contributed by atoms with Gasteiger partial charge >= 0.3 is 13.6 Å². The van der Waals surface area contributed by atoms with E-state index in [-0.39, 0.29) is 12.8 Å². The van der Waals surface area contributed by atoms with Gasteiger partial charge in [-0.15, -0.1) is 0 Å². The van der Waals surface area contributed by atoms with Crippen molar-refractivity contribution in [3.63, 3.8) is 0 Å². The number of methoxy groups -OCH3 is 1. The Balaban J connectivity index is 3.70. The molecule has 0 rings (SSSR count). The maximum absolute atomic E-state index is 10.6. The Morgan fingerprint density at radius 3 is 2.54 bits per heavy atom. The van der Waals surface area contributed by atoms with E-state index in [2.05, 4.69) is 4.74 Å². The number of carbonyl (C=O) groups is 1. The molecule has 0 aromatic heterocycles. The fourth-order valence-electron chi connectivity index (χ4n) is 0.802. The maximum atomic E-state index is 10.6. The molecule has 0 amide bonds. The highest BCUT2D eigenvalue weighted by Gasteiger charge is 2.19. The number of rotatable bonds is 5. The molecule has 0 aromatic rings. The van der Waals surface area contributed by atoms with Crippen LogP contribution in [-0.4, -0.2) is 35.1 Å². The summed E-state index contributed by atoms with van der Waals surface area (Å²) in [6.45, 7) is 0. The van der Waals surface area contributed by atoms with Gasteiger partial charge in [-0.3, -0.25) is 9.36 Å². The third-order valence-electron chi connectivity index (χ3n) is 1.42. The van der Waals surface area contributed by atoms with Crippen molar-refractivity contribution in [2.45, 2.75) is 18.9 Å². The lowest BCUT2D eigenvalue weighted by Crippen LogP contribution is -2.25. The average molecular weight is 211 g/mol. The quantitative estimate of drug-likeness (QED) is 0.415. The van der Waals surface area contributed by atoms with Crippen LogP contribution in [0.15, 0.2) is 0 Å². The van der Waals surface area contributed by atoms with Crippen molar-refractivity contribution in [2.75, 3.05) is 13.3 Å². The molecule has 0 heterocycles. The lowest BCUT2D eigenvalue weighted by atomic mass is 10.2. The fraction of sp³-hybridized carbons (Fsp3) is 0.833. The molecule has 1 atom stereocenters. The summed E-state index contributed by atoms with van der Waals surface area (Å²) < 4.78 is 14.8. The van der Waals surface area contributed by atoms with Crippen LogP contribution in [0.1, 0.15) is 12.8 Å². The van der Waals surface area contributed by atoms with Gasteiger partial charge in [-0.05, 0) is 6.42 Å². The Kier molecular flexibility index (Phi) is 5.17. The number of hydrogen-bond acceptors (Lipinski definition) is 4. The number of carbonyl (C=O) groups excluding carboxylic acids is 1. The van der Waals surface area contributed by atoms with Gasteiger partial charge in [-0.1, -0.05) is 0 Å². The zero-order valence-electron chi connectivity index (χ0n) is 7.34. The molecule has 0 bridgehead atoms. The number of hydrogen-bond donors (Lipinski definition) is 3. The molecule has 0 spiro atoms. The number of esters is 1. The molecule has 0 aliphatic rings. The standard InChI is InChI=1S/C6H14NO5P/c1-12-6(8)3-2-5(7)4-13(9,10)11/h5H,2-4,7H2,1H3,(H2,9,10,11). The van der Waals surface area contributed by atoms with E-state index in [4.69, 9.17) is 15.5 Å². The summed E-state index contributed by atoms with van der Waals surface area (Å²) >= 11 is 0. The first-order valence-electron chi connectivity index (χ1n) is 3.72. The van der Waals surface area contributed by atoms with Crippen molar-refractivity contribution in [2.24, 2.45) is 5.73 Å². The van der Waals surface area contributed by atoms with Crippen LogP contribution < -0.4 is 5.73 Å². The Labute approximate surface area is 76.2 Å². The predicted molar refractivity (Wildman–Crippen MR) is 46.1 cm³/mol. The second-order valence-corrected chi connectivity index (χ2v) is 4.42. The van der Waals surface area contributed by atoms with Gasteiger partial charge in [0.05, 0.1) is 13.3 Å². The highest BCUT2D eigenvalue weighted by molar-refractivity contribution is 7.51. The largest absolute Gasteiger partial charge is 0.469 e. The molecule has 7 heteroatoms. The molecule has 13 heavy (non-hydrogen) atoms. The minimum atomic E-state index is -4.07. The van der Waals surface area contributed by atoms with E-state index in [0.717, 1.165) is 0 Å². The van der Waals surface area contributed by atoms with Crippen LogP contribution in [0, 0.1) is 0 Å². The monoisotopic (exact) mass is 211 g/mol. The molecular formula is C6H14NO5P. The molecule has 0 saturated heterocycles. The Hall–Kier alpha value is -0.420. The molecule has 0 fully saturated rings. The molecule has 0 saturated carbocycles. The highest BCUT2D eigenvalue weighted by Crippen LogP contribution is 2.35. The molecule has 0 radical (unpaired) electrons. The van der Waals surface area contributed by atoms with Crippen LogP contribution in [-0.2, 0) is 14.1 Å². The van der Waals surface area contributed by atoms with Crippen LogP contribution in [0.5, 0.6) is 0 Å². The van der Waals surface area contributed by atoms with Gasteiger partial charge in [-0.2, -0.15) is 0 Å². The molecule has 1 unspecified atom stereocenters. The van der Waals surface area contributed by atoms with Crippen LogP contribution >= 0.6 is 7.60 Å². The van der Waals surface area contributed by atoms with E-state index in [1.165, 1.54) is 7.11 Å². The summed E-state index contributed by atoms with van der Waals surface area (Å²) in [5.74, 6) is -0.429. The Bertz CT molecular complexity index is 213. The second kappa shape index (κ2) is 5.34.